The molecule has 1 aromatic rings. The van der Waals surface area contributed by atoms with Crippen LogP contribution in [0.1, 0.15) is 23.2 Å². The normalized spacial score (nSPS) is 15.7. The first-order chi connectivity index (χ1) is 8.31. The van der Waals surface area contributed by atoms with Crippen LogP contribution in [0.15, 0.2) is 21.5 Å². The molecule has 8 heteroatoms. The summed E-state index contributed by atoms with van der Waals surface area (Å²) >= 11 is 2.97. The van der Waals surface area contributed by atoms with Gasteiger partial charge in [-0.1, -0.05) is 15.9 Å². The molecule has 0 amide bonds. The third kappa shape index (κ3) is 2.70. The highest BCUT2D eigenvalue weighted by molar-refractivity contribution is 9.10. The van der Waals surface area contributed by atoms with Gasteiger partial charge in [-0.25, -0.2) is 22.3 Å². The third-order valence-corrected chi connectivity index (χ3v) is 4.40. The first-order valence-electron chi connectivity index (χ1n) is 5.06. The van der Waals surface area contributed by atoms with Gasteiger partial charge in [-0.3, -0.25) is 0 Å². The van der Waals surface area contributed by atoms with Crippen LogP contribution in [0.5, 0.6) is 0 Å². The fourth-order valence-corrected chi connectivity index (χ4v) is 3.44. The van der Waals surface area contributed by atoms with Crippen LogP contribution in [0.25, 0.3) is 0 Å². The largest absolute Gasteiger partial charge is 0.478 e. The van der Waals surface area contributed by atoms with E-state index in [9.17, 15) is 17.6 Å². The quantitative estimate of drug-likeness (QED) is 0.876. The summed E-state index contributed by atoms with van der Waals surface area (Å²) in [5.74, 6) is -2.77. The Hall–Kier alpha value is -0.990. The van der Waals surface area contributed by atoms with Gasteiger partial charge in [0, 0.05) is 10.5 Å². The highest BCUT2D eigenvalue weighted by Crippen LogP contribution is 2.27. The highest BCUT2D eigenvalue weighted by Gasteiger charge is 2.31. The summed E-state index contributed by atoms with van der Waals surface area (Å²) in [5.41, 5.74) is -0.680. The van der Waals surface area contributed by atoms with Crippen LogP contribution in [0.2, 0.25) is 0 Å². The Kier molecular flexibility index (Phi) is 3.43. The second kappa shape index (κ2) is 4.60. The van der Waals surface area contributed by atoms with Crippen molar-refractivity contribution in [1.29, 1.82) is 0 Å². The van der Waals surface area contributed by atoms with Gasteiger partial charge in [0.2, 0.25) is 10.0 Å². The molecule has 0 aromatic heterocycles. The number of carbonyl (C=O) groups is 1. The van der Waals surface area contributed by atoms with E-state index in [0.717, 1.165) is 12.1 Å². The van der Waals surface area contributed by atoms with Crippen molar-refractivity contribution in [1.82, 2.24) is 4.72 Å². The Labute approximate surface area is 111 Å². The van der Waals surface area contributed by atoms with Crippen LogP contribution in [-0.2, 0) is 10.0 Å². The SMILES string of the molecule is O=C(O)c1cc(Br)cc(S(=O)(=O)NC2CC2)c1F. The van der Waals surface area contributed by atoms with Gasteiger partial charge in [-0.15, -0.1) is 0 Å². The molecule has 18 heavy (non-hydrogen) atoms. The zero-order valence-corrected chi connectivity index (χ0v) is 11.4. The lowest BCUT2D eigenvalue weighted by atomic mass is 10.2. The molecule has 1 saturated carbocycles. The van der Waals surface area contributed by atoms with Crippen LogP contribution < -0.4 is 4.72 Å². The number of hydrogen-bond donors (Lipinski definition) is 2. The van der Waals surface area contributed by atoms with E-state index in [4.69, 9.17) is 5.11 Å². The summed E-state index contributed by atoms with van der Waals surface area (Å²) in [6, 6.07) is 1.89. The van der Waals surface area contributed by atoms with E-state index in [0.29, 0.717) is 12.8 Å². The molecule has 0 unspecified atom stereocenters. The number of aromatic carboxylic acids is 1. The molecular weight excluding hydrogens is 329 g/mol. The van der Waals surface area contributed by atoms with Gasteiger partial charge < -0.3 is 5.11 Å². The molecule has 1 aromatic carbocycles. The molecule has 0 atom stereocenters. The fraction of sp³-hybridized carbons (Fsp3) is 0.300. The van der Waals surface area contributed by atoms with E-state index in [1.165, 1.54) is 0 Å². The average molecular weight is 338 g/mol. The fourth-order valence-electron chi connectivity index (χ4n) is 1.40. The van der Waals surface area contributed by atoms with Crippen molar-refractivity contribution < 1.29 is 22.7 Å². The van der Waals surface area contributed by atoms with Crippen LogP contribution in [-0.4, -0.2) is 25.5 Å². The van der Waals surface area contributed by atoms with Crippen molar-refractivity contribution in [2.24, 2.45) is 0 Å². The molecule has 1 aliphatic carbocycles. The maximum atomic E-state index is 13.8. The summed E-state index contributed by atoms with van der Waals surface area (Å²) in [4.78, 5) is 10.2. The first kappa shape index (κ1) is 13.4. The minimum atomic E-state index is -4.02. The molecule has 98 valence electrons. The maximum absolute atomic E-state index is 13.8. The molecule has 2 rings (SSSR count). The number of sulfonamides is 1. The number of halogens is 2. The van der Waals surface area contributed by atoms with E-state index < -0.39 is 32.3 Å². The van der Waals surface area contributed by atoms with Crippen molar-refractivity contribution >= 4 is 31.9 Å². The minimum absolute atomic E-state index is 0.179. The standard InChI is InChI=1S/C10H9BrFNO4S/c11-5-3-7(10(14)15)9(12)8(4-5)18(16,17)13-6-1-2-6/h3-4,6,13H,1-2H2,(H,14,15). The smallest absolute Gasteiger partial charge is 0.338 e. The van der Waals surface area contributed by atoms with Crippen molar-refractivity contribution in [3.8, 4) is 0 Å². The monoisotopic (exact) mass is 337 g/mol. The number of hydrogen-bond acceptors (Lipinski definition) is 3. The van der Waals surface area contributed by atoms with E-state index in [1.54, 1.807) is 0 Å². The van der Waals surface area contributed by atoms with Gasteiger partial charge in [0.05, 0.1) is 5.56 Å². The maximum Gasteiger partial charge on any atom is 0.338 e. The number of benzene rings is 1. The van der Waals surface area contributed by atoms with Gasteiger partial charge >= 0.3 is 5.97 Å². The Bertz CT molecular complexity index is 613. The first-order valence-corrected chi connectivity index (χ1v) is 7.33. The molecule has 2 N–H and O–H groups in total. The van der Waals surface area contributed by atoms with Gasteiger partial charge in [0.1, 0.15) is 4.90 Å². The summed E-state index contributed by atoms with van der Waals surface area (Å²) in [5, 5.41) is 8.80. The summed E-state index contributed by atoms with van der Waals surface area (Å²) in [6.07, 6.45) is 1.42. The molecule has 0 spiro atoms. The number of carboxylic acids is 1. The Balaban J connectivity index is 2.52. The molecular formula is C10H9BrFNO4S. The van der Waals surface area contributed by atoms with Gasteiger partial charge in [-0.2, -0.15) is 0 Å². The topological polar surface area (TPSA) is 83.5 Å². The number of nitrogens with one attached hydrogen (secondary N) is 1. The van der Waals surface area contributed by atoms with Crippen molar-refractivity contribution in [3.63, 3.8) is 0 Å². The number of carboxylic acid groups (broad SMARTS) is 1. The Morgan fingerprint density at radius 1 is 1.44 bits per heavy atom. The second-order valence-corrected chi connectivity index (χ2v) is 6.56. The van der Waals surface area contributed by atoms with Crippen molar-refractivity contribution in [2.75, 3.05) is 0 Å². The lowest BCUT2D eigenvalue weighted by Crippen LogP contribution is -2.27. The average Bonchev–Trinajstić information content (AvgIpc) is 3.03. The molecule has 0 heterocycles. The van der Waals surface area contributed by atoms with E-state index in [2.05, 4.69) is 20.7 Å². The van der Waals surface area contributed by atoms with Crippen LogP contribution >= 0.6 is 15.9 Å². The molecule has 1 fully saturated rings. The summed E-state index contributed by atoms with van der Waals surface area (Å²) in [7, 11) is -4.02. The Morgan fingerprint density at radius 2 is 2.06 bits per heavy atom. The number of rotatable bonds is 4. The molecule has 0 bridgehead atoms. The van der Waals surface area contributed by atoms with E-state index in [1.807, 2.05) is 0 Å². The van der Waals surface area contributed by atoms with Gasteiger partial charge in [0.15, 0.2) is 5.82 Å². The minimum Gasteiger partial charge on any atom is -0.478 e. The van der Waals surface area contributed by atoms with Gasteiger partial charge in [-0.05, 0) is 25.0 Å². The van der Waals surface area contributed by atoms with Crippen molar-refractivity contribution in [2.45, 2.75) is 23.8 Å². The van der Waals surface area contributed by atoms with Crippen LogP contribution in [0.4, 0.5) is 4.39 Å². The van der Waals surface area contributed by atoms with Gasteiger partial charge in [0.25, 0.3) is 0 Å². The van der Waals surface area contributed by atoms with Crippen molar-refractivity contribution in [3.05, 3.63) is 28.0 Å². The van der Waals surface area contributed by atoms with Crippen LogP contribution in [0.3, 0.4) is 0 Å². The third-order valence-electron chi connectivity index (χ3n) is 2.42. The van der Waals surface area contributed by atoms with Crippen LogP contribution in [0, 0.1) is 5.82 Å². The zero-order chi connectivity index (χ0) is 13.5. The second-order valence-electron chi connectivity index (χ2n) is 3.97. The molecule has 5 nitrogen and oxygen atoms in total. The summed E-state index contributed by atoms with van der Waals surface area (Å²) in [6.45, 7) is 0. The predicted molar refractivity (Wildman–Crippen MR) is 64.4 cm³/mol. The predicted octanol–water partition coefficient (Wildman–Crippen LogP) is 1.73. The van der Waals surface area contributed by atoms with E-state index >= 15 is 0 Å². The molecule has 0 saturated heterocycles. The van der Waals surface area contributed by atoms with E-state index in [-0.39, 0.29) is 10.5 Å². The lowest BCUT2D eigenvalue weighted by Gasteiger charge is -2.09. The molecule has 0 radical (unpaired) electrons. The zero-order valence-electron chi connectivity index (χ0n) is 8.98. The lowest BCUT2D eigenvalue weighted by molar-refractivity contribution is 0.0691. The Morgan fingerprint density at radius 3 is 2.56 bits per heavy atom. The molecule has 1 aliphatic rings. The highest BCUT2D eigenvalue weighted by atomic mass is 79.9. The molecule has 0 aliphatic heterocycles. The summed E-state index contributed by atoms with van der Waals surface area (Å²) < 4.78 is 40.1.